The van der Waals surface area contributed by atoms with E-state index in [1.165, 1.54) is 0 Å². The second kappa shape index (κ2) is 8.16. The van der Waals surface area contributed by atoms with Gasteiger partial charge in [-0.05, 0) is 5.56 Å². The average Bonchev–Trinajstić information content (AvgIpc) is 2.39. The largest absolute Gasteiger partial charge is 0.480 e. The average molecular weight is 278 g/mol. The minimum Gasteiger partial charge on any atom is -0.480 e. The summed E-state index contributed by atoms with van der Waals surface area (Å²) in [5.74, 6) is -1.14. The number of carboxylic acid groups (broad SMARTS) is 1. The molecule has 0 fully saturated rings. The van der Waals surface area contributed by atoms with E-state index in [9.17, 15) is 9.59 Å². The first-order valence-electron chi connectivity index (χ1n) is 5.64. The van der Waals surface area contributed by atoms with E-state index >= 15 is 0 Å². The Labute approximate surface area is 115 Å². The molecule has 2 N–H and O–H groups in total. The maximum atomic E-state index is 11.5. The van der Waals surface area contributed by atoms with Gasteiger partial charge in [0.1, 0.15) is 6.04 Å². The van der Waals surface area contributed by atoms with Gasteiger partial charge < -0.3 is 10.4 Å². The fourth-order valence-electron chi connectivity index (χ4n) is 1.48. The lowest BCUT2D eigenvalue weighted by Gasteiger charge is -2.14. The molecule has 1 aromatic rings. The van der Waals surface area contributed by atoms with Crippen molar-refractivity contribution < 1.29 is 14.7 Å². The highest BCUT2D eigenvalue weighted by atomic mass is 32.2. The molecule has 0 aliphatic carbocycles. The topological polar surface area (TPSA) is 90.2 Å². The van der Waals surface area contributed by atoms with E-state index in [0.29, 0.717) is 0 Å². The van der Waals surface area contributed by atoms with Crippen molar-refractivity contribution >= 4 is 23.6 Å². The number of hydrogen-bond donors (Lipinski definition) is 2. The first-order chi connectivity index (χ1) is 9.13. The van der Waals surface area contributed by atoms with Crippen molar-refractivity contribution in [1.82, 2.24) is 5.32 Å². The molecule has 1 atom stereocenters. The molecule has 1 aromatic carbocycles. The van der Waals surface area contributed by atoms with Crippen LogP contribution in [-0.2, 0) is 16.0 Å². The Kier molecular flexibility index (Phi) is 6.47. The Hall–Kier alpha value is -2.00. The molecule has 1 rings (SSSR count). The third-order valence-corrected chi connectivity index (χ3v) is 3.12. The van der Waals surface area contributed by atoms with E-state index in [-0.39, 0.29) is 23.8 Å². The van der Waals surface area contributed by atoms with Crippen LogP contribution in [0.25, 0.3) is 0 Å². The monoisotopic (exact) mass is 278 g/mol. The minimum atomic E-state index is -1.07. The quantitative estimate of drug-likeness (QED) is 0.728. The van der Waals surface area contributed by atoms with E-state index in [4.69, 9.17) is 10.4 Å². The molecule has 0 aliphatic heterocycles. The van der Waals surface area contributed by atoms with Crippen LogP contribution in [-0.4, -0.2) is 34.5 Å². The summed E-state index contributed by atoms with van der Waals surface area (Å²) in [4.78, 5) is 22.6. The van der Waals surface area contributed by atoms with Crippen molar-refractivity contribution in [2.24, 2.45) is 0 Å². The SMILES string of the molecule is N#CCSCC(=O)N[C@H](Cc1ccccc1)C(=O)O. The van der Waals surface area contributed by atoms with Gasteiger partial charge >= 0.3 is 5.97 Å². The molecular formula is C13H14N2O3S. The Bertz CT molecular complexity index is 471. The molecule has 0 heterocycles. The van der Waals surface area contributed by atoms with E-state index in [1.807, 2.05) is 36.4 Å². The van der Waals surface area contributed by atoms with Crippen LogP contribution in [0.2, 0.25) is 0 Å². The van der Waals surface area contributed by atoms with Gasteiger partial charge in [0.15, 0.2) is 0 Å². The van der Waals surface area contributed by atoms with Gasteiger partial charge in [0.25, 0.3) is 0 Å². The summed E-state index contributed by atoms with van der Waals surface area (Å²) in [6.07, 6.45) is 0.241. The summed E-state index contributed by atoms with van der Waals surface area (Å²) in [7, 11) is 0. The van der Waals surface area contributed by atoms with Gasteiger partial charge in [0.2, 0.25) is 5.91 Å². The van der Waals surface area contributed by atoms with Gasteiger partial charge in [0.05, 0.1) is 17.6 Å². The van der Waals surface area contributed by atoms with Crippen molar-refractivity contribution in [3.05, 3.63) is 35.9 Å². The maximum absolute atomic E-state index is 11.5. The lowest BCUT2D eigenvalue weighted by molar-refractivity contribution is -0.141. The smallest absolute Gasteiger partial charge is 0.326 e. The van der Waals surface area contributed by atoms with Crippen LogP contribution in [0.1, 0.15) is 5.56 Å². The molecule has 0 saturated heterocycles. The summed E-state index contributed by atoms with van der Waals surface area (Å²) >= 11 is 1.16. The van der Waals surface area contributed by atoms with E-state index in [2.05, 4.69) is 5.32 Å². The minimum absolute atomic E-state index is 0.0894. The number of nitrogens with one attached hydrogen (secondary N) is 1. The Morgan fingerprint density at radius 2 is 2.05 bits per heavy atom. The predicted octanol–water partition coefficient (Wildman–Crippen LogP) is 1.06. The van der Waals surface area contributed by atoms with Crippen LogP contribution in [0.4, 0.5) is 0 Å². The molecule has 0 aromatic heterocycles. The first-order valence-corrected chi connectivity index (χ1v) is 6.79. The second-order valence-electron chi connectivity index (χ2n) is 3.80. The summed E-state index contributed by atoms with van der Waals surface area (Å²) in [5, 5.41) is 19.9. The first kappa shape index (κ1) is 15.1. The molecule has 0 saturated carbocycles. The van der Waals surface area contributed by atoms with E-state index in [0.717, 1.165) is 17.3 Å². The molecule has 1 amide bonds. The molecule has 0 radical (unpaired) electrons. The van der Waals surface area contributed by atoms with Gasteiger partial charge in [-0.1, -0.05) is 30.3 Å². The fourth-order valence-corrected chi connectivity index (χ4v) is 1.94. The molecule has 6 heteroatoms. The third kappa shape index (κ3) is 5.93. The Morgan fingerprint density at radius 3 is 2.63 bits per heavy atom. The maximum Gasteiger partial charge on any atom is 0.326 e. The number of nitriles is 1. The second-order valence-corrected chi connectivity index (χ2v) is 4.78. The summed E-state index contributed by atoms with van der Waals surface area (Å²) in [5.41, 5.74) is 0.847. The number of nitrogens with zero attached hydrogens (tertiary/aromatic N) is 1. The van der Waals surface area contributed by atoms with Crippen molar-refractivity contribution in [1.29, 1.82) is 5.26 Å². The van der Waals surface area contributed by atoms with E-state index < -0.39 is 12.0 Å². The zero-order chi connectivity index (χ0) is 14.1. The number of carbonyl (C=O) groups excluding carboxylic acids is 1. The molecule has 0 unspecified atom stereocenters. The highest BCUT2D eigenvalue weighted by molar-refractivity contribution is 8.00. The number of benzene rings is 1. The molecule has 5 nitrogen and oxygen atoms in total. The number of carbonyl (C=O) groups is 2. The fraction of sp³-hybridized carbons (Fsp3) is 0.308. The van der Waals surface area contributed by atoms with Crippen LogP contribution in [0.5, 0.6) is 0 Å². The number of aliphatic carboxylic acids is 1. The Morgan fingerprint density at radius 1 is 1.37 bits per heavy atom. The van der Waals surface area contributed by atoms with Gasteiger partial charge in [-0.25, -0.2) is 4.79 Å². The number of carboxylic acids is 1. The van der Waals surface area contributed by atoms with Crippen molar-refractivity contribution in [3.8, 4) is 6.07 Å². The summed E-state index contributed by atoms with van der Waals surface area (Å²) in [6, 6.07) is 10.1. The van der Waals surface area contributed by atoms with Gasteiger partial charge in [0, 0.05) is 6.42 Å². The standard InChI is InChI=1S/C13H14N2O3S/c14-6-7-19-9-12(16)15-11(13(17)18)8-10-4-2-1-3-5-10/h1-5,11H,7-9H2,(H,15,16)(H,17,18)/t11-/m1/s1. The third-order valence-electron chi connectivity index (χ3n) is 2.32. The zero-order valence-electron chi connectivity index (χ0n) is 10.2. The lowest BCUT2D eigenvalue weighted by Crippen LogP contribution is -2.43. The zero-order valence-corrected chi connectivity index (χ0v) is 11.0. The van der Waals surface area contributed by atoms with Crippen LogP contribution < -0.4 is 5.32 Å². The molecule has 100 valence electrons. The molecule has 0 spiro atoms. The van der Waals surface area contributed by atoms with Crippen molar-refractivity contribution in [3.63, 3.8) is 0 Å². The highest BCUT2D eigenvalue weighted by Crippen LogP contribution is 2.04. The van der Waals surface area contributed by atoms with Crippen LogP contribution >= 0.6 is 11.8 Å². The van der Waals surface area contributed by atoms with Gasteiger partial charge in [-0.15, -0.1) is 11.8 Å². The molecular weight excluding hydrogens is 264 g/mol. The van der Waals surface area contributed by atoms with E-state index in [1.54, 1.807) is 0 Å². The number of hydrogen-bond acceptors (Lipinski definition) is 4. The van der Waals surface area contributed by atoms with Crippen LogP contribution in [0, 0.1) is 11.3 Å². The summed E-state index contributed by atoms with van der Waals surface area (Å²) in [6.45, 7) is 0. The Balaban J connectivity index is 2.52. The molecule has 0 bridgehead atoms. The lowest BCUT2D eigenvalue weighted by atomic mass is 10.1. The predicted molar refractivity (Wildman–Crippen MR) is 72.7 cm³/mol. The van der Waals surface area contributed by atoms with Crippen molar-refractivity contribution in [2.75, 3.05) is 11.5 Å². The molecule has 19 heavy (non-hydrogen) atoms. The number of amides is 1. The number of rotatable bonds is 7. The van der Waals surface area contributed by atoms with Crippen LogP contribution in [0.15, 0.2) is 30.3 Å². The van der Waals surface area contributed by atoms with Gasteiger partial charge in [-0.2, -0.15) is 5.26 Å². The van der Waals surface area contributed by atoms with Gasteiger partial charge in [-0.3, -0.25) is 4.79 Å². The molecule has 0 aliphatic rings. The van der Waals surface area contributed by atoms with Crippen LogP contribution in [0.3, 0.4) is 0 Å². The van der Waals surface area contributed by atoms with Crippen molar-refractivity contribution in [2.45, 2.75) is 12.5 Å². The summed E-state index contributed by atoms with van der Waals surface area (Å²) < 4.78 is 0. The highest BCUT2D eigenvalue weighted by Gasteiger charge is 2.20. The normalized spacial score (nSPS) is 11.3. The number of thioether (sulfide) groups is 1.